The van der Waals surface area contributed by atoms with E-state index in [-0.39, 0.29) is 24.2 Å². The standard InChI is InChI=1S/C20H23F2N5O4/c1-11(2)8-26-17-12(3-6-14(28)25-9-20(21,22)10-25)7-23-27(17)19(31)15(18(26)30)16(29)24-13-4-5-13/h3,6-7,11,13,31H,4-5,8-10H2,1-2H3,(H,24,29)/b6-3+. The molecule has 0 aromatic carbocycles. The molecule has 0 spiro atoms. The summed E-state index contributed by atoms with van der Waals surface area (Å²) in [5.41, 5.74) is -0.515. The maximum Gasteiger partial charge on any atom is 0.282 e. The molecule has 2 fully saturated rings. The Morgan fingerprint density at radius 1 is 1.35 bits per heavy atom. The molecule has 166 valence electrons. The van der Waals surface area contributed by atoms with Gasteiger partial charge >= 0.3 is 0 Å². The normalized spacial score (nSPS) is 18.0. The molecule has 2 amide bonds. The highest BCUT2D eigenvalue weighted by molar-refractivity contribution is 5.97. The van der Waals surface area contributed by atoms with Gasteiger partial charge in [0.25, 0.3) is 17.4 Å². The van der Waals surface area contributed by atoms with Crippen LogP contribution < -0.4 is 10.9 Å². The molecule has 2 aliphatic rings. The van der Waals surface area contributed by atoms with Gasteiger partial charge in [-0.15, -0.1) is 0 Å². The van der Waals surface area contributed by atoms with Crippen molar-refractivity contribution >= 4 is 23.5 Å². The first-order chi connectivity index (χ1) is 14.6. The second kappa shape index (κ2) is 7.47. The zero-order valence-corrected chi connectivity index (χ0v) is 17.1. The topological polar surface area (TPSA) is 109 Å². The van der Waals surface area contributed by atoms with Gasteiger partial charge in [-0.05, 0) is 24.8 Å². The number of hydrogen-bond acceptors (Lipinski definition) is 5. The highest BCUT2D eigenvalue weighted by atomic mass is 19.3. The lowest BCUT2D eigenvalue weighted by atomic mass is 10.1. The highest BCUT2D eigenvalue weighted by Crippen LogP contribution is 2.27. The first-order valence-corrected chi connectivity index (χ1v) is 10.1. The molecule has 2 aromatic rings. The summed E-state index contributed by atoms with van der Waals surface area (Å²) in [7, 11) is 0. The number of carbonyl (C=O) groups excluding carboxylic acids is 2. The molecule has 4 rings (SSSR count). The summed E-state index contributed by atoms with van der Waals surface area (Å²) in [6, 6.07) is -0.00319. The number of likely N-dealkylation sites (tertiary alicyclic amines) is 1. The summed E-state index contributed by atoms with van der Waals surface area (Å²) >= 11 is 0. The van der Waals surface area contributed by atoms with E-state index < -0.39 is 47.8 Å². The molecule has 0 radical (unpaired) electrons. The quantitative estimate of drug-likeness (QED) is 0.664. The van der Waals surface area contributed by atoms with Gasteiger partial charge in [-0.3, -0.25) is 19.0 Å². The van der Waals surface area contributed by atoms with Crippen LogP contribution >= 0.6 is 0 Å². The lowest BCUT2D eigenvalue weighted by Crippen LogP contribution is -2.57. The number of nitrogens with zero attached hydrogens (tertiary/aromatic N) is 4. The van der Waals surface area contributed by atoms with E-state index in [1.807, 2.05) is 13.8 Å². The molecule has 0 unspecified atom stereocenters. The van der Waals surface area contributed by atoms with Crippen LogP contribution in [0.5, 0.6) is 5.88 Å². The van der Waals surface area contributed by atoms with Gasteiger partial charge in [-0.2, -0.15) is 9.61 Å². The van der Waals surface area contributed by atoms with Gasteiger partial charge in [0.05, 0.1) is 19.3 Å². The Kier molecular flexibility index (Phi) is 5.06. The van der Waals surface area contributed by atoms with Gasteiger partial charge in [0.2, 0.25) is 11.8 Å². The van der Waals surface area contributed by atoms with Crippen molar-refractivity contribution in [3.63, 3.8) is 0 Å². The van der Waals surface area contributed by atoms with Gasteiger partial charge in [0, 0.05) is 24.2 Å². The Labute approximate surface area is 175 Å². The van der Waals surface area contributed by atoms with Crippen LogP contribution in [0, 0.1) is 5.92 Å². The Morgan fingerprint density at radius 2 is 2.03 bits per heavy atom. The fourth-order valence-electron chi connectivity index (χ4n) is 3.48. The monoisotopic (exact) mass is 435 g/mol. The number of amides is 2. The van der Waals surface area contributed by atoms with E-state index in [1.54, 1.807) is 0 Å². The van der Waals surface area contributed by atoms with Crippen molar-refractivity contribution in [3.8, 4) is 5.88 Å². The predicted octanol–water partition coefficient (Wildman–Crippen LogP) is 1.24. The number of carbonyl (C=O) groups is 2. The second-order valence-corrected chi connectivity index (χ2v) is 8.47. The SMILES string of the molecule is CC(C)Cn1c(=O)c(C(=O)NC2CC2)c(O)n2ncc(/C=C/C(=O)N3CC(F)(F)C3)c12. The highest BCUT2D eigenvalue weighted by Gasteiger charge is 2.45. The fourth-order valence-corrected chi connectivity index (χ4v) is 3.48. The molecule has 1 saturated heterocycles. The summed E-state index contributed by atoms with van der Waals surface area (Å²) in [6.07, 6.45) is 5.47. The summed E-state index contributed by atoms with van der Waals surface area (Å²) in [5.74, 6) is -4.68. The molecule has 31 heavy (non-hydrogen) atoms. The Hall–Kier alpha value is -3.24. The minimum atomic E-state index is -2.87. The third-order valence-corrected chi connectivity index (χ3v) is 5.16. The maximum absolute atomic E-state index is 13.1. The summed E-state index contributed by atoms with van der Waals surface area (Å²) in [6.45, 7) is 2.75. The Balaban J connectivity index is 1.74. The van der Waals surface area contributed by atoms with Crippen LogP contribution in [-0.2, 0) is 11.3 Å². The van der Waals surface area contributed by atoms with Crippen molar-refractivity contribution in [2.24, 2.45) is 5.92 Å². The van der Waals surface area contributed by atoms with Gasteiger partial charge in [-0.25, -0.2) is 8.78 Å². The number of alkyl halides is 2. The average molecular weight is 435 g/mol. The van der Waals surface area contributed by atoms with E-state index in [2.05, 4.69) is 10.4 Å². The van der Waals surface area contributed by atoms with Gasteiger partial charge < -0.3 is 15.3 Å². The van der Waals surface area contributed by atoms with Crippen LogP contribution in [0.1, 0.15) is 42.6 Å². The molecular formula is C20H23F2N5O4. The van der Waals surface area contributed by atoms with Crippen molar-refractivity contribution < 1.29 is 23.5 Å². The van der Waals surface area contributed by atoms with E-state index in [9.17, 15) is 28.3 Å². The lowest BCUT2D eigenvalue weighted by molar-refractivity contribution is -0.160. The number of fused-ring (bicyclic) bond motifs is 1. The van der Waals surface area contributed by atoms with E-state index >= 15 is 0 Å². The van der Waals surface area contributed by atoms with Crippen LogP contribution in [-0.4, -0.2) is 61.1 Å². The van der Waals surface area contributed by atoms with Crippen molar-refractivity contribution in [1.82, 2.24) is 24.4 Å². The number of halogens is 2. The van der Waals surface area contributed by atoms with Gasteiger partial charge in [0.1, 0.15) is 5.65 Å². The third kappa shape index (κ3) is 4.04. The number of rotatable bonds is 6. The van der Waals surface area contributed by atoms with Crippen LogP contribution in [0.2, 0.25) is 0 Å². The largest absolute Gasteiger partial charge is 0.492 e. The van der Waals surface area contributed by atoms with Crippen molar-refractivity contribution in [1.29, 1.82) is 0 Å². The zero-order valence-electron chi connectivity index (χ0n) is 17.1. The minimum Gasteiger partial charge on any atom is -0.492 e. The molecule has 0 bridgehead atoms. The average Bonchev–Trinajstić information content (AvgIpc) is 3.36. The summed E-state index contributed by atoms with van der Waals surface area (Å²) < 4.78 is 28.4. The molecule has 11 heteroatoms. The molecule has 1 aliphatic carbocycles. The lowest BCUT2D eigenvalue weighted by Gasteiger charge is -2.37. The molecule has 0 atom stereocenters. The maximum atomic E-state index is 13.1. The molecule has 2 N–H and O–H groups in total. The fraction of sp³-hybridized carbons (Fsp3) is 0.500. The molecule has 1 aliphatic heterocycles. The predicted molar refractivity (Wildman–Crippen MR) is 107 cm³/mol. The van der Waals surface area contributed by atoms with Crippen molar-refractivity contribution in [2.75, 3.05) is 13.1 Å². The number of aromatic hydroxyl groups is 1. The van der Waals surface area contributed by atoms with Crippen molar-refractivity contribution in [3.05, 3.63) is 33.8 Å². The van der Waals surface area contributed by atoms with Gasteiger partial charge in [0.15, 0.2) is 5.56 Å². The minimum absolute atomic E-state index is 0.00319. The molecule has 2 aromatic heterocycles. The van der Waals surface area contributed by atoms with E-state index in [0.717, 1.165) is 28.3 Å². The van der Waals surface area contributed by atoms with Crippen LogP contribution in [0.15, 0.2) is 17.1 Å². The molecule has 1 saturated carbocycles. The van der Waals surface area contributed by atoms with E-state index in [1.165, 1.54) is 16.8 Å². The number of aromatic nitrogens is 3. The molecular weight excluding hydrogens is 412 g/mol. The summed E-state index contributed by atoms with van der Waals surface area (Å²) in [4.78, 5) is 38.8. The van der Waals surface area contributed by atoms with Crippen molar-refractivity contribution in [2.45, 2.75) is 45.2 Å². The first kappa shape index (κ1) is 21.0. The zero-order chi connectivity index (χ0) is 22.5. The Morgan fingerprint density at radius 3 is 2.61 bits per heavy atom. The molecule has 3 heterocycles. The van der Waals surface area contributed by atoms with E-state index in [4.69, 9.17) is 0 Å². The van der Waals surface area contributed by atoms with Gasteiger partial charge in [-0.1, -0.05) is 13.8 Å². The Bertz CT molecular complexity index is 1140. The third-order valence-electron chi connectivity index (χ3n) is 5.16. The van der Waals surface area contributed by atoms with E-state index in [0.29, 0.717) is 5.56 Å². The van der Waals surface area contributed by atoms with Crippen LogP contribution in [0.3, 0.4) is 0 Å². The smallest absolute Gasteiger partial charge is 0.282 e. The summed E-state index contributed by atoms with van der Waals surface area (Å²) in [5, 5.41) is 17.4. The second-order valence-electron chi connectivity index (χ2n) is 8.47. The number of nitrogens with one attached hydrogen (secondary N) is 1. The molecule has 9 nitrogen and oxygen atoms in total. The van der Waals surface area contributed by atoms with Crippen LogP contribution in [0.25, 0.3) is 11.7 Å². The van der Waals surface area contributed by atoms with Crippen LogP contribution in [0.4, 0.5) is 8.78 Å². The number of hydrogen-bond donors (Lipinski definition) is 2. The first-order valence-electron chi connectivity index (χ1n) is 10.1.